The summed E-state index contributed by atoms with van der Waals surface area (Å²) in [5.41, 5.74) is 1.77. The molecule has 2 atom stereocenters. The molecule has 2 heterocycles. The van der Waals surface area contributed by atoms with Crippen molar-refractivity contribution in [1.29, 1.82) is 0 Å². The van der Waals surface area contributed by atoms with Crippen LogP contribution < -0.4 is 15.4 Å². The van der Waals surface area contributed by atoms with Crippen LogP contribution in [0.1, 0.15) is 63.1 Å². The molecule has 0 aliphatic carbocycles. The summed E-state index contributed by atoms with van der Waals surface area (Å²) in [6.45, 7) is 7.12. The largest absolute Gasteiger partial charge is 0.457 e. The number of hydrogen-bond acceptors (Lipinski definition) is 6. The van der Waals surface area contributed by atoms with Crippen molar-refractivity contribution in [1.82, 2.24) is 15.5 Å². The standard InChI is InChI=1S/C38H47N3O6/c1-37(2,3)47-36(44)41-24-28(34(42)39-23-27-14-6-5-7-15-27)22-29(25-41)35(43)40-26-38(20-12-13-21-45-4)30-16-8-10-18-32(30)46-33-19-11-9-17-31(33)38/h5-11,14-19,28-29H,12-13,20-26H2,1-4H3,(H,39,42)(H,40,43)/t28-,29+/m1/s1. The van der Waals surface area contributed by atoms with Crippen LogP contribution in [0.5, 0.6) is 11.5 Å². The van der Waals surface area contributed by atoms with Crippen molar-refractivity contribution in [3.63, 3.8) is 0 Å². The van der Waals surface area contributed by atoms with E-state index in [-0.39, 0.29) is 24.9 Å². The highest BCUT2D eigenvalue weighted by molar-refractivity contribution is 5.84. The fourth-order valence-electron chi connectivity index (χ4n) is 6.65. The first kappa shape index (κ1) is 34.0. The lowest BCUT2D eigenvalue weighted by Gasteiger charge is -2.41. The van der Waals surface area contributed by atoms with Crippen LogP contribution in [-0.4, -0.2) is 61.8 Å². The normalized spacial score (nSPS) is 18.3. The zero-order valence-electron chi connectivity index (χ0n) is 27.9. The maximum Gasteiger partial charge on any atom is 0.410 e. The van der Waals surface area contributed by atoms with Gasteiger partial charge in [0.2, 0.25) is 11.8 Å². The number of rotatable bonds is 11. The summed E-state index contributed by atoms with van der Waals surface area (Å²) in [4.78, 5) is 42.3. The van der Waals surface area contributed by atoms with Gasteiger partial charge in [0.15, 0.2) is 0 Å². The van der Waals surface area contributed by atoms with Gasteiger partial charge < -0.3 is 29.7 Å². The average Bonchev–Trinajstić information content (AvgIpc) is 3.07. The van der Waals surface area contributed by atoms with E-state index in [9.17, 15) is 14.4 Å². The molecule has 250 valence electrons. The molecule has 9 heteroatoms. The van der Waals surface area contributed by atoms with Crippen LogP contribution in [0, 0.1) is 11.8 Å². The van der Waals surface area contributed by atoms with Gasteiger partial charge in [-0.2, -0.15) is 0 Å². The van der Waals surface area contributed by atoms with E-state index < -0.39 is 28.9 Å². The van der Waals surface area contributed by atoms with E-state index in [4.69, 9.17) is 14.2 Å². The van der Waals surface area contributed by atoms with Crippen molar-refractivity contribution < 1.29 is 28.6 Å². The molecular weight excluding hydrogens is 594 g/mol. The molecule has 47 heavy (non-hydrogen) atoms. The van der Waals surface area contributed by atoms with Crippen LogP contribution in [0.4, 0.5) is 4.79 Å². The van der Waals surface area contributed by atoms with Gasteiger partial charge in [0, 0.05) is 56.4 Å². The number of unbranched alkanes of at least 4 members (excludes halogenated alkanes) is 1. The number of piperidine rings is 1. The minimum Gasteiger partial charge on any atom is -0.457 e. The summed E-state index contributed by atoms with van der Waals surface area (Å²) in [7, 11) is 1.70. The van der Waals surface area contributed by atoms with Gasteiger partial charge in [-0.05, 0) is 64.2 Å². The Morgan fingerprint density at radius 1 is 0.830 bits per heavy atom. The molecular formula is C38H47N3O6. The Morgan fingerprint density at radius 3 is 2.00 bits per heavy atom. The Kier molecular flexibility index (Phi) is 10.9. The van der Waals surface area contributed by atoms with Crippen LogP contribution in [0.25, 0.3) is 0 Å². The van der Waals surface area contributed by atoms with E-state index in [1.807, 2.05) is 66.7 Å². The van der Waals surface area contributed by atoms with Crippen LogP contribution in [0.15, 0.2) is 78.9 Å². The number of amides is 3. The second kappa shape index (κ2) is 15.0. The fraction of sp³-hybridized carbons (Fsp3) is 0.447. The number of benzene rings is 3. The third-order valence-corrected chi connectivity index (χ3v) is 8.95. The maximum atomic E-state index is 14.1. The topological polar surface area (TPSA) is 106 Å². The van der Waals surface area contributed by atoms with Crippen molar-refractivity contribution in [3.8, 4) is 11.5 Å². The van der Waals surface area contributed by atoms with E-state index in [0.29, 0.717) is 26.1 Å². The number of ether oxygens (including phenoxy) is 3. The smallest absolute Gasteiger partial charge is 0.410 e. The lowest BCUT2D eigenvalue weighted by Crippen LogP contribution is -2.54. The van der Waals surface area contributed by atoms with Crippen molar-refractivity contribution in [2.75, 3.05) is 33.4 Å². The maximum absolute atomic E-state index is 14.1. The Labute approximate surface area is 278 Å². The molecule has 1 fully saturated rings. The molecule has 3 aromatic carbocycles. The third kappa shape index (κ3) is 8.32. The Bertz CT molecular complexity index is 1490. The van der Waals surface area contributed by atoms with E-state index >= 15 is 0 Å². The number of fused-ring (bicyclic) bond motifs is 2. The Morgan fingerprint density at radius 2 is 1.40 bits per heavy atom. The van der Waals surface area contributed by atoms with Gasteiger partial charge in [-0.3, -0.25) is 9.59 Å². The first-order valence-electron chi connectivity index (χ1n) is 16.5. The summed E-state index contributed by atoms with van der Waals surface area (Å²) >= 11 is 0. The number of methoxy groups -OCH3 is 1. The quantitative estimate of drug-likeness (QED) is 0.242. The monoisotopic (exact) mass is 641 g/mol. The molecule has 3 aromatic rings. The molecule has 0 bridgehead atoms. The highest BCUT2D eigenvalue weighted by Gasteiger charge is 2.43. The molecule has 9 nitrogen and oxygen atoms in total. The highest BCUT2D eigenvalue weighted by atomic mass is 16.6. The third-order valence-electron chi connectivity index (χ3n) is 8.95. The van der Waals surface area contributed by atoms with Gasteiger partial charge in [0.25, 0.3) is 0 Å². The second-order valence-corrected chi connectivity index (χ2v) is 13.6. The van der Waals surface area contributed by atoms with Gasteiger partial charge in [0.05, 0.1) is 11.8 Å². The summed E-state index contributed by atoms with van der Waals surface area (Å²) in [5, 5.41) is 6.28. The van der Waals surface area contributed by atoms with Gasteiger partial charge in [-0.15, -0.1) is 0 Å². The van der Waals surface area contributed by atoms with Crippen molar-refractivity contribution in [3.05, 3.63) is 95.6 Å². The van der Waals surface area contributed by atoms with E-state index in [1.165, 1.54) is 4.90 Å². The molecule has 2 aliphatic heterocycles. The van der Waals surface area contributed by atoms with E-state index in [0.717, 1.165) is 47.5 Å². The number of hydrogen-bond donors (Lipinski definition) is 2. The minimum absolute atomic E-state index is 0.167. The summed E-state index contributed by atoms with van der Waals surface area (Å²) in [6.07, 6.45) is 2.32. The molecule has 2 aliphatic rings. The minimum atomic E-state index is -0.712. The number of nitrogens with zero attached hydrogens (tertiary/aromatic N) is 1. The van der Waals surface area contributed by atoms with Gasteiger partial charge in [-0.1, -0.05) is 66.7 Å². The number of likely N-dealkylation sites (tertiary alicyclic amines) is 1. The Balaban J connectivity index is 1.38. The van der Waals surface area contributed by atoms with Crippen molar-refractivity contribution in [2.24, 2.45) is 11.8 Å². The predicted octanol–water partition coefficient (Wildman–Crippen LogP) is 6.20. The molecule has 0 aromatic heterocycles. The fourth-order valence-corrected chi connectivity index (χ4v) is 6.65. The number of nitrogens with one attached hydrogen (secondary N) is 2. The summed E-state index contributed by atoms with van der Waals surface area (Å²) in [5.74, 6) is -0.00579. The van der Waals surface area contributed by atoms with Crippen molar-refractivity contribution >= 4 is 17.9 Å². The first-order chi connectivity index (χ1) is 22.6. The molecule has 0 saturated carbocycles. The van der Waals surface area contributed by atoms with Crippen LogP contribution in [-0.2, 0) is 31.0 Å². The Hall–Kier alpha value is -4.37. The number of carbonyl (C=O) groups is 3. The lowest BCUT2D eigenvalue weighted by molar-refractivity contribution is -0.131. The highest BCUT2D eigenvalue weighted by Crippen LogP contribution is 2.50. The molecule has 2 N–H and O–H groups in total. The molecule has 3 amide bonds. The lowest BCUT2D eigenvalue weighted by atomic mass is 9.69. The summed E-state index contributed by atoms with van der Waals surface area (Å²) in [6, 6.07) is 25.7. The molecule has 5 rings (SSSR count). The number of para-hydroxylation sites is 2. The average molecular weight is 642 g/mol. The predicted molar refractivity (Wildman–Crippen MR) is 180 cm³/mol. The SMILES string of the molecule is COCCCCC1(CNC(=O)[C@H]2C[C@@H](C(=O)NCc3ccccc3)CN(C(=O)OC(C)(C)C)C2)c2ccccc2Oc2ccccc21. The molecule has 0 radical (unpaired) electrons. The van der Waals surface area contributed by atoms with Crippen LogP contribution in [0.3, 0.4) is 0 Å². The molecule has 0 unspecified atom stereocenters. The van der Waals surface area contributed by atoms with Crippen LogP contribution in [0.2, 0.25) is 0 Å². The zero-order chi connectivity index (χ0) is 33.4. The molecule has 1 saturated heterocycles. The van der Waals surface area contributed by atoms with E-state index in [2.05, 4.69) is 22.8 Å². The van der Waals surface area contributed by atoms with Crippen LogP contribution >= 0.6 is 0 Å². The van der Waals surface area contributed by atoms with Gasteiger partial charge >= 0.3 is 6.09 Å². The van der Waals surface area contributed by atoms with E-state index in [1.54, 1.807) is 27.9 Å². The first-order valence-corrected chi connectivity index (χ1v) is 16.5. The van der Waals surface area contributed by atoms with Gasteiger partial charge in [-0.25, -0.2) is 4.79 Å². The molecule has 0 spiro atoms. The van der Waals surface area contributed by atoms with Crippen molar-refractivity contribution in [2.45, 2.75) is 64.0 Å². The van der Waals surface area contributed by atoms with Gasteiger partial charge in [0.1, 0.15) is 17.1 Å². The summed E-state index contributed by atoms with van der Waals surface area (Å²) < 4.78 is 17.3. The zero-order valence-corrected chi connectivity index (χ0v) is 27.9. The second-order valence-electron chi connectivity index (χ2n) is 13.6. The number of carbonyl (C=O) groups excluding carboxylic acids is 3.